The van der Waals surface area contributed by atoms with Gasteiger partial charge < -0.3 is 10.0 Å². The Balaban J connectivity index is 1.82. The van der Waals surface area contributed by atoms with Crippen molar-refractivity contribution in [2.45, 2.75) is 44.9 Å². The van der Waals surface area contributed by atoms with E-state index in [2.05, 4.69) is 0 Å². The number of carbonyl (C=O) groups is 1. The summed E-state index contributed by atoms with van der Waals surface area (Å²) in [6.45, 7) is 2.90. The molecule has 1 saturated heterocycles. The van der Waals surface area contributed by atoms with Crippen molar-refractivity contribution in [2.24, 2.45) is 0 Å². The first-order valence-electron chi connectivity index (χ1n) is 11.6. The van der Waals surface area contributed by atoms with Crippen LogP contribution in [0.15, 0.2) is 60.5 Å². The summed E-state index contributed by atoms with van der Waals surface area (Å²) in [5.41, 5.74) is 1.08. The van der Waals surface area contributed by atoms with Crippen molar-refractivity contribution in [1.82, 2.24) is 4.90 Å². The van der Waals surface area contributed by atoms with Crippen LogP contribution in [-0.2, 0) is 11.2 Å². The van der Waals surface area contributed by atoms with Gasteiger partial charge in [-0.1, -0.05) is 55.4 Å². The zero-order chi connectivity index (χ0) is 22.7. The van der Waals surface area contributed by atoms with Gasteiger partial charge in [0.15, 0.2) is 0 Å². The Hall–Kier alpha value is -2.17. The zero-order valence-corrected chi connectivity index (χ0v) is 15.0. The Bertz CT molecular complexity index is 912. The van der Waals surface area contributed by atoms with Crippen LogP contribution in [0.1, 0.15) is 38.6 Å². The van der Waals surface area contributed by atoms with Gasteiger partial charge in [-0.3, -0.25) is 9.69 Å². The zero-order valence-electron chi connectivity index (χ0n) is 20.0. The number of aliphatic hydroxyl groups excluding tert-OH is 1. The molecule has 1 N–H and O–H groups in total. The molecule has 0 bridgehead atoms. The van der Waals surface area contributed by atoms with Crippen molar-refractivity contribution in [3.63, 3.8) is 0 Å². The van der Waals surface area contributed by atoms with Crippen LogP contribution < -0.4 is 4.90 Å². The number of anilines is 1. The van der Waals surface area contributed by atoms with Gasteiger partial charge in [0.2, 0.25) is 5.91 Å². The number of hydrogen-bond donors (Lipinski definition) is 1. The lowest BCUT2D eigenvalue weighted by Gasteiger charge is -2.41. The summed E-state index contributed by atoms with van der Waals surface area (Å²) >= 11 is 0. The van der Waals surface area contributed by atoms with E-state index in [4.69, 9.17) is 6.85 Å². The van der Waals surface area contributed by atoms with Crippen LogP contribution >= 0.6 is 0 Å². The summed E-state index contributed by atoms with van der Waals surface area (Å²) in [6, 6.07) is 7.34. The lowest BCUT2D eigenvalue weighted by atomic mass is 9.99. The van der Waals surface area contributed by atoms with E-state index >= 15 is 0 Å². The highest BCUT2D eigenvalue weighted by Gasteiger charge is 2.32. The van der Waals surface area contributed by atoms with Gasteiger partial charge in [0.25, 0.3) is 0 Å². The lowest BCUT2D eigenvalue weighted by Crippen LogP contribution is -2.52. The highest BCUT2D eigenvalue weighted by molar-refractivity contribution is 5.93. The average molecular weight is 358 g/mol. The molecular weight excluding hydrogens is 324 g/mol. The monoisotopic (exact) mass is 357 g/mol. The molecule has 1 aliphatic rings. The van der Waals surface area contributed by atoms with Crippen molar-refractivity contribution in [2.75, 3.05) is 18.0 Å². The predicted molar refractivity (Wildman–Crippen MR) is 105 cm³/mol. The Morgan fingerprint density at radius 2 is 2.00 bits per heavy atom. The molecule has 1 fully saturated rings. The molecule has 3 rings (SSSR count). The highest BCUT2D eigenvalue weighted by atomic mass is 16.3. The van der Waals surface area contributed by atoms with Crippen LogP contribution in [0.5, 0.6) is 0 Å². The van der Waals surface area contributed by atoms with Crippen LogP contribution in [0, 0.1) is 0 Å². The van der Waals surface area contributed by atoms with Crippen LogP contribution in [-0.4, -0.2) is 41.3 Å². The van der Waals surface area contributed by atoms with E-state index in [9.17, 15) is 9.90 Å². The lowest BCUT2D eigenvalue weighted by molar-refractivity contribution is -0.119. The molecule has 4 nitrogen and oxygen atoms in total. The second-order valence-electron chi connectivity index (χ2n) is 6.52. The normalized spacial score (nSPS) is 23.4. The van der Waals surface area contributed by atoms with E-state index in [1.807, 2.05) is 35.2 Å². The molecule has 138 valence electrons. The summed E-state index contributed by atoms with van der Waals surface area (Å²) in [7, 11) is 0. The number of piperidine rings is 1. The number of nitrogens with zero attached hydrogens (tertiary/aromatic N) is 2. The fraction of sp³-hybridized carbons (Fsp3) is 0.409. The molecular formula is C22H28N2O2. The average Bonchev–Trinajstić information content (AvgIpc) is 2.78. The predicted octanol–water partition coefficient (Wildman–Crippen LogP) is 3.46. The smallest absolute Gasteiger partial charge is 0.226 e. The molecule has 2 aromatic carbocycles. The second kappa shape index (κ2) is 8.97. The Morgan fingerprint density at radius 3 is 2.65 bits per heavy atom. The van der Waals surface area contributed by atoms with E-state index in [-0.39, 0.29) is 24.4 Å². The second-order valence-corrected chi connectivity index (χ2v) is 6.52. The molecule has 0 aliphatic carbocycles. The third kappa shape index (κ3) is 4.51. The van der Waals surface area contributed by atoms with Gasteiger partial charge >= 0.3 is 0 Å². The maximum atomic E-state index is 12.8. The molecule has 1 heterocycles. The first-order chi connectivity index (χ1) is 14.8. The van der Waals surface area contributed by atoms with Crippen LogP contribution in [0.3, 0.4) is 0 Å². The summed E-state index contributed by atoms with van der Waals surface area (Å²) in [6.07, 6.45) is 0.942. The summed E-state index contributed by atoms with van der Waals surface area (Å²) in [5, 5.41) is 10.7. The number of aliphatic hydroxyl groups is 1. The number of para-hydroxylation sites is 1. The van der Waals surface area contributed by atoms with Gasteiger partial charge in [-0.25, -0.2) is 0 Å². The molecule has 2 aromatic rings. The van der Waals surface area contributed by atoms with Crippen LogP contribution in [0.2, 0.25) is 0 Å². The van der Waals surface area contributed by atoms with E-state index in [0.29, 0.717) is 19.5 Å². The minimum atomic E-state index is -0.778. The first kappa shape index (κ1) is 13.1. The number of likely N-dealkylation sites (tertiary alicyclic amines) is 1. The third-order valence-corrected chi connectivity index (χ3v) is 4.85. The SMILES string of the molecule is [2H]c1c([2H])c([2H])c(N(C(=O)CC)C2CCN(CCc3ccccc3)C(O)C2)c([2H])c1[2H]. The minimum Gasteiger partial charge on any atom is -0.378 e. The minimum absolute atomic E-state index is 0.104. The molecule has 0 spiro atoms. The van der Waals surface area contributed by atoms with Gasteiger partial charge in [-0.2, -0.15) is 0 Å². The molecule has 0 radical (unpaired) electrons. The van der Waals surface area contributed by atoms with Gasteiger partial charge in [-0.05, 0) is 30.5 Å². The molecule has 1 aliphatic heterocycles. The molecule has 2 atom stereocenters. The first-order valence-corrected chi connectivity index (χ1v) is 9.11. The fourth-order valence-corrected chi connectivity index (χ4v) is 3.43. The summed E-state index contributed by atoms with van der Waals surface area (Å²) in [5.74, 6) is -0.325. The van der Waals surface area contributed by atoms with Crippen molar-refractivity contribution in [1.29, 1.82) is 0 Å². The number of hydrogen-bond acceptors (Lipinski definition) is 3. The quantitative estimate of drug-likeness (QED) is 0.861. The van der Waals surface area contributed by atoms with Crippen molar-refractivity contribution < 1.29 is 16.8 Å². The number of rotatable bonds is 6. The van der Waals surface area contributed by atoms with Gasteiger partial charge in [-0.15, -0.1) is 0 Å². The van der Waals surface area contributed by atoms with Crippen molar-refractivity contribution in [3.05, 3.63) is 66.1 Å². The molecule has 4 heteroatoms. The van der Waals surface area contributed by atoms with Gasteiger partial charge in [0.1, 0.15) is 6.23 Å². The Morgan fingerprint density at radius 1 is 1.27 bits per heavy atom. The van der Waals surface area contributed by atoms with E-state index < -0.39 is 42.5 Å². The molecule has 0 aromatic heterocycles. The van der Waals surface area contributed by atoms with Crippen molar-refractivity contribution >= 4 is 11.6 Å². The number of benzene rings is 2. The fourth-order valence-electron chi connectivity index (χ4n) is 3.43. The van der Waals surface area contributed by atoms with Crippen LogP contribution in [0.4, 0.5) is 5.69 Å². The van der Waals surface area contributed by atoms with Crippen molar-refractivity contribution in [3.8, 4) is 0 Å². The molecule has 1 amide bonds. The van der Waals surface area contributed by atoms with E-state index in [0.717, 1.165) is 6.42 Å². The van der Waals surface area contributed by atoms with E-state index in [1.54, 1.807) is 6.92 Å². The summed E-state index contributed by atoms with van der Waals surface area (Å²) < 4.78 is 40.2. The molecule has 0 saturated carbocycles. The van der Waals surface area contributed by atoms with Gasteiger partial charge in [0.05, 0.1) is 6.85 Å². The molecule has 2 unspecified atom stereocenters. The van der Waals surface area contributed by atoms with Gasteiger partial charge in [0, 0.05) is 37.7 Å². The highest BCUT2D eigenvalue weighted by Crippen LogP contribution is 2.26. The number of amides is 1. The maximum absolute atomic E-state index is 12.8. The number of carbonyl (C=O) groups excluding carboxylic acids is 1. The standard InChI is InChI=1S/C22H28N2O2/c1-2-21(25)24(19-11-7-4-8-12-19)20-14-16-23(22(26)17-20)15-13-18-9-5-3-6-10-18/h3-12,20,22,26H,2,13-17H2,1H3/i4D,7D,8D,11D,12D. The Labute approximate surface area is 163 Å². The largest absolute Gasteiger partial charge is 0.378 e. The topological polar surface area (TPSA) is 43.8 Å². The Kier molecular flexibility index (Phi) is 4.51. The third-order valence-electron chi connectivity index (χ3n) is 4.85. The van der Waals surface area contributed by atoms with Crippen LogP contribution in [0.25, 0.3) is 0 Å². The molecule has 26 heavy (non-hydrogen) atoms. The van der Waals surface area contributed by atoms with E-state index in [1.165, 1.54) is 10.5 Å². The maximum Gasteiger partial charge on any atom is 0.226 e. The summed E-state index contributed by atoms with van der Waals surface area (Å²) in [4.78, 5) is 16.1.